The number of thioether (sulfide) groups is 1. The molecule has 0 unspecified atom stereocenters. The standard InChI is InChI=1S/C16H23NO2S/c1-2-13-3-5-14(6-4-13)11-15(18)17-12-16(19)7-9-20-10-8-16/h3-6,19H,2,7-12H2,1H3,(H,17,18). The topological polar surface area (TPSA) is 49.3 Å². The highest BCUT2D eigenvalue weighted by Crippen LogP contribution is 2.26. The van der Waals surface area contributed by atoms with E-state index in [2.05, 4.69) is 24.4 Å². The number of nitrogens with one attached hydrogen (secondary N) is 1. The Kier molecular flexibility index (Phi) is 5.49. The molecule has 0 bridgehead atoms. The molecule has 110 valence electrons. The van der Waals surface area contributed by atoms with E-state index >= 15 is 0 Å². The number of hydrogen-bond donors (Lipinski definition) is 2. The number of aliphatic hydroxyl groups is 1. The molecule has 1 aliphatic heterocycles. The highest BCUT2D eigenvalue weighted by Gasteiger charge is 2.29. The summed E-state index contributed by atoms with van der Waals surface area (Å²) < 4.78 is 0. The fourth-order valence-electron chi connectivity index (χ4n) is 2.33. The van der Waals surface area contributed by atoms with Gasteiger partial charge in [0.2, 0.25) is 5.91 Å². The van der Waals surface area contributed by atoms with Crippen LogP contribution in [0, 0.1) is 0 Å². The van der Waals surface area contributed by atoms with E-state index in [0.29, 0.717) is 13.0 Å². The van der Waals surface area contributed by atoms with Gasteiger partial charge in [-0.1, -0.05) is 31.2 Å². The molecular weight excluding hydrogens is 270 g/mol. The third-order valence-electron chi connectivity index (χ3n) is 3.83. The van der Waals surface area contributed by atoms with E-state index in [4.69, 9.17) is 0 Å². The maximum Gasteiger partial charge on any atom is 0.224 e. The Morgan fingerprint density at radius 2 is 1.85 bits per heavy atom. The molecule has 0 atom stereocenters. The zero-order valence-corrected chi connectivity index (χ0v) is 12.8. The molecule has 0 saturated carbocycles. The lowest BCUT2D eigenvalue weighted by atomic mass is 9.97. The second-order valence-electron chi connectivity index (χ2n) is 5.46. The van der Waals surface area contributed by atoms with E-state index in [1.54, 1.807) is 0 Å². The van der Waals surface area contributed by atoms with Crippen LogP contribution in [0.25, 0.3) is 0 Å². The smallest absolute Gasteiger partial charge is 0.224 e. The van der Waals surface area contributed by atoms with Crippen molar-refractivity contribution < 1.29 is 9.90 Å². The van der Waals surface area contributed by atoms with Crippen molar-refractivity contribution in [2.24, 2.45) is 0 Å². The SMILES string of the molecule is CCc1ccc(CC(=O)NCC2(O)CCSCC2)cc1. The summed E-state index contributed by atoms with van der Waals surface area (Å²) >= 11 is 1.86. The molecule has 0 aromatic heterocycles. The maximum atomic E-state index is 11.9. The predicted octanol–water partition coefficient (Wildman–Crippen LogP) is 2.17. The van der Waals surface area contributed by atoms with Crippen LogP contribution in [0.3, 0.4) is 0 Å². The third kappa shape index (κ3) is 4.53. The zero-order chi connectivity index (χ0) is 14.4. The summed E-state index contributed by atoms with van der Waals surface area (Å²) in [4.78, 5) is 11.9. The van der Waals surface area contributed by atoms with Crippen molar-refractivity contribution in [3.05, 3.63) is 35.4 Å². The maximum absolute atomic E-state index is 11.9. The summed E-state index contributed by atoms with van der Waals surface area (Å²) in [5, 5.41) is 13.2. The molecule has 1 fully saturated rings. The number of benzene rings is 1. The summed E-state index contributed by atoms with van der Waals surface area (Å²) in [5.74, 6) is 1.94. The fourth-order valence-corrected chi connectivity index (χ4v) is 3.58. The minimum atomic E-state index is -0.701. The molecule has 3 nitrogen and oxygen atoms in total. The highest BCUT2D eigenvalue weighted by atomic mass is 32.2. The van der Waals surface area contributed by atoms with E-state index in [1.807, 2.05) is 23.9 Å². The lowest BCUT2D eigenvalue weighted by Crippen LogP contribution is -2.45. The van der Waals surface area contributed by atoms with Gasteiger partial charge in [-0.25, -0.2) is 0 Å². The van der Waals surface area contributed by atoms with Crippen LogP contribution >= 0.6 is 11.8 Å². The van der Waals surface area contributed by atoms with Crippen molar-refractivity contribution in [3.63, 3.8) is 0 Å². The first kappa shape index (κ1) is 15.4. The Morgan fingerprint density at radius 1 is 1.25 bits per heavy atom. The second-order valence-corrected chi connectivity index (χ2v) is 6.69. The second kappa shape index (κ2) is 7.14. The molecule has 1 aliphatic rings. The van der Waals surface area contributed by atoms with Crippen LogP contribution in [0.4, 0.5) is 0 Å². The van der Waals surface area contributed by atoms with E-state index in [0.717, 1.165) is 36.3 Å². The molecular formula is C16H23NO2S. The molecule has 1 heterocycles. The van der Waals surface area contributed by atoms with Crippen molar-refractivity contribution in [1.29, 1.82) is 0 Å². The van der Waals surface area contributed by atoms with Gasteiger partial charge >= 0.3 is 0 Å². The average molecular weight is 293 g/mol. The van der Waals surface area contributed by atoms with Gasteiger partial charge < -0.3 is 10.4 Å². The first-order valence-corrected chi connectivity index (χ1v) is 8.41. The Balaban J connectivity index is 1.79. The van der Waals surface area contributed by atoms with Crippen molar-refractivity contribution in [1.82, 2.24) is 5.32 Å². The number of carbonyl (C=O) groups is 1. The molecule has 1 aromatic carbocycles. The summed E-state index contributed by atoms with van der Waals surface area (Å²) in [6.45, 7) is 2.49. The lowest BCUT2D eigenvalue weighted by molar-refractivity contribution is -0.121. The molecule has 1 aromatic rings. The number of rotatable bonds is 5. The Hall–Kier alpha value is -1.00. The molecule has 0 aliphatic carbocycles. The van der Waals surface area contributed by atoms with E-state index in [-0.39, 0.29) is 5.91 Å². The fraction of sp³-hybridized carbons (Fsp3) is 0.562. The van der Waals surface area contributed by atoms with Crippen molar-refractivity contribution in [2.75, 3.05) is 18.1 Å². The largest absolute Gasteiger partial charge is 0.388 e. The molecule has 4 heteroatoms. The Morgan fingerprint density at radius 3 is 2.45 bits per heavy atom. The third-order valence-corrected chi connectivity index (χ3v) is 4.82. The van der Waals surface area contributed by atoms with Crippen LogP contribution in [0.2, 0.25) is 0 Å². The molecule has 2 rings (SSSR count). The van der Waals surface area contributed by atoms with Gasteiger partial charge in [0.1, 0.15) is 0 Å². The minimum Gasteiger partial charge on any atom is -0.388 e. The van der Waals surface area contributed by atoms with Crippen LogP contribution in [0.15, 0.2) is 24.3 Å². The normalized spacial score (nSPS) is 17.7. The van der Waals surface area contributed by atoms with Gasteiger partial charge in [-0.05, 0) is 41.9 Å². The summed E-state index contributed by atoms with van der Waals surface area (Å²) in [6.07, 6.45) is 2.93. The predicted molar refractivity (Wildman–Crippen MR) is 84.0 cm³/mol. The van der Waals surface area contributed by atoms with Crippen LogP contribution in [-0.2, 0) is 17.6 Å². The van der Waals surface area contributed by atoms with Gasteiger partial charge in [0.25, 0.3) is 0 Å². The molecule has 2 N–H and O–H groups in total. The van der Waals surface area contributed by atoms with Gasteiger partial charge in [-0.2, -0.15) is 11.8 Å². The monoisotopic (exact) mass is 293 g/mol. The number of amides is 1. The number of carbonyl (C=O) groups excluding carboxylic acids is 1. The average Bonchev–Trinajstić information content (AvgIpc) is 2.47. The molecule has 1 amide bonds. The first-order chi connectivity index (χ1) is 9.61. The molecule has 20 heavy (non-hydrogen) atoms. The van der Waals surface area contributed by atoms with Crippen molar-refractivity contribution in [2.45, 2.75) is 38.2 Å². The summed E-state index contributed by atoms with van der Waals surface area (Å²) in [5.41, 5.74) is 1.60. The number of hydrogen-bond acceptors (Lipinski definition) is 3. The highest BCUT2D eigenvalue weighted by molar-refractivity contribution is 7.99. The summed E-state index contributed by atoms with van der Waals surface area (Å²) in [7, 11) is 0. The van der Waals surface area contributed by atoms with Gasteiger partial charge in [0, 0.05) is 6.54 Å². The minimum absolute atomic E-state index is 0.0131. The van der Waals surface area contributed by atoms with Crippen molar-refractivity contribution >= 4 is 17.7 Å². The van der Waals surface area contributed by atoms with Gasteiger partial charge in [0.05, 0.1) is 12.0 Å². The van der Waals surface area contributed by atoms with E-state index < -0.39 is 5.60 Å². The van der Waals surface area contributed by atoms with Gasteiger partial charge in [-0.3, -0.25) is 4.79 Å². The van der Waals surface area contributed by atoms with Crippen LogP contribution in [0.1, 0.15) is 30.9 Å². The molecule has 1 saturated heterocycles. The van der Waals surface area contributed by atoms with Crippen LogP contribution in [-0.4, -0.2) is 34.7 Å². The quantitative estimate of drug-likeness (QED) is 0.875. The lowest BCUT2D eigenvalue weighted by Gasteiger charge is -2.31. The van der Waals surface area contributed by atoms with Crippen LogP contribution in [0.5, 0.6) is 0 Å². The zero-order valence-electron chi connectivity index (χ0n) is 12.0. The van der Waals surface area contributed by atoms with Gasteiger partial charge in [-0.15, -0.1) is 0 Å². The van der Waals surface area contributed by atoms with Crippen LogP contribution < -0.4 is 5.32 Å². The Bertz CT molecular complexity index is 438. The molecule has 0 radical (unpaired) electrons. The van der Waals surface area contributed by atoms with Crippen molar-refractivity contribution in [3.8, 4) is 0 Å². The number of aryl methyl sites for hydroxylation is 1. The van der Waals surface area contributed by atoms with E-state index in [1.165, 1.54) is 5.56 Å². The molecule has 0 spiro atoms. The van der Waals surface area contributed by atoms with E-state index in [9.17, 15) is 9.90 Å². The first-order valence-electron chi connectivity index (χ1n) is 7.26. The Labute approximate surface area is 125 Å². The van der Waals surface area contributed by atoms with Gasteiger partial charge in [0.15, 0.2) is 0 Å². The summed E-state index contributed by atoms with van der Waals surface area (Å²) in [6, 6.07) is 8.14.